The molecule has 0 radical (unpaired) electrons. The minimum atomic E-state index is 0. The second kappa shape index (κ2) is 12.7. The van der Waals surface area contributed by atoms with Crippen LogP contribution >= 0.6 is 0 Å². The summed E-state index contributed by atoms with van der Waals surface area (Å²) in [6.07, 6.45) is 17.3. The molecule has 0 aliphatic carbocycles. The molecule has 0 aliphatic rings. The molecule has 2 rings (SSSR count). The van der Waals surface area contributed by atoms with E-state index in [1.165, 1.54) is 87.1 Å². The molecule has 23 heavy (non-hydrogen) atoms. The van der Waals surface area contributed by atoms with Crippen molar-refractivity contribution >= 4 is 10.8 Å². The number of hydrogen-bond acceptors (Lipinski definition) is 0. The Morgan fingerprint density at radius 1 is 0.739 bits per heavy atom. The fraction of sp³-hybridized carbons (Fsp3) is 0.571. The van der Waals surface area contributed by atoms with Gasteiger partial charge in [0.2, 0.25) is 0 Å². The fourth-order valence-electron chi connectivity index (χ4n) is 3.22. The summed E-state index contributed by atoms with van der Waals surface area (Å²) in [5.74, 6) is 0. The Morgan fingerprint density at radius 3 is 2.04 bits per heavy atom. The minimum Gasteiger partial charge on any atom is -1.00 e. The second-order valence-electron chi connectivity index (χ2n) is 6.48. The van der Waals surface area contributed by atoms with E-state index in [-0.39, 0.29) is 24.0 Å². The summed E-state index contributed by atoms with van der Waals surface area (Å²) in [5.41, 5.74) is 1.40. The Bertz CT molecular complexity index is 533. The molecule has 1 aromatic heterocycles. The van der Waals surface area contributed by atoms with Crippen molar-refractivity contribution in [1.29, 1.82) is 0 Å². The monoisotopic (exact) mass is 425 g/mol. The predicted molar refractivity (Wildman–Crippen MR) is 96.1 cm³/mol. The molecule has 0 amide bonds. The maximum Gasteiger partial charge on any atom is 0.187 e. The van der Waals surface area contributed by atoms with Gasteiger partial charge in [0, 0.05) is 17.9 Å². The Labute approximate surface area is 159 Å². The smallest absolute Gasteiger partial charge is 0.187 e. The van der Waals surface area contributed by atoms with Crippen molar-refractivity contribution in [2.45, 2.75) is 77.6 Å². The first-order chi connectivity index (χ1) is 10.9. The lowest BCUT2D eigenvalue weighted by Gasteiger charge is -2.02. The summed E-state index contributed by atoms with van der Waals surface area (Å²) in [4.78, 5) is 3.44. The van der Waals surface area contributed by atoms with Crippen LogP contribution in [-0.2, 0) is 6.42 Å². The molecule has 0 spiro atoms. The zero-order valence-corrected chi connectivity index (χ0v) is 16.8. The Balaban J connectivity index is 0.00000264. The van der Waals surface area contributed by atoms with E-state index in [0.717, 1.165) is 0 Å². The molecule has 0 fully saturated rings. The Morgan fingerprint density at radius 2 is 1.35 bits per heavy atom. The van der Waals surface area contributed by atoms with Crippen LogP contribution < -0.4 is 29.0 Å². The van der Waals surface area contributed by atoms with Crippen LogP contribution in [0.2, 0.25) is 0 Å². The van der Waals surface area contributed by atoms with Crippen LogP contribution in [0.15, 0.2) is 36.5 Å². The lowest BCUT2D eigenvalue weighted by Crippen LogP contribution is -3.00. The first-order valence-electron chi connectivity index (χ1n) is 9.30. The van der Waals surface area contributed by atoms with Crippen LogP contribution in [0, 0.1) is 0 Å². The zero-order valence-electron chi connectivity index (χ0n) is 14.6. The van der Waals surface area contributed by atoms with Gasteiger partial charge >= 0.3 is 0 Å². The number of fused-ring (bicyclic) bond motifs is 1. The van der Waals surface area contributed by atoms with E-state index in [9.17, 15) is 0 Å². The van der Waals surface area contributed by atoms with Crippen LogP contribution in [0.3, 0.4) is 0 Å². The molecule has 1 N–H and O–H groups in total. The first kappa shape index (κ1) is 20.4. The van der Waals surface area contributed by atoms with Crippen molar-refractivity contribution in [1.82, 2.24) is 0 Å². The molecule has 1 heterocycles. The molecule has 0 unspecified atom stereocenters. The number of halogens is 1. The highest BCUT2D eigenvalue weighted by atomic mass is 127. The average molecular weight is 425 g/mol. The average Bonchev–Trinajstić information content (AvgIpc) is 2.56. The topological polar surface area (TPSA) is 14.1 Å². The van der Waals surface area contributed by atoms with Gasteiger partial charge in [-0.25, -0.2) is 4.98 Å². The molecule has 0 atom stereocenters. The number of unbranched alkanes of at least 4 members (excludes halogenated alkanes) is 9. The van der Waals surface area contributed by atoms with Crippen molar-refractivity contribution in [2.24, 2.45) is 0 Å². The number of benzene rings is 1. The third-order valence-electron chi connectivity index (χ3n) is 4.59. The van der Waals surface area contributed by atoms with E-state index in [0.29, 0.717) is 0 Å². The second-order valence-corrected chi connectivity index (χ2v) is 6.48. The number of H-pyrrole nitrogens is 1. The highest BCUT2D eigenvalue weighted by Gasteiger charge is 2.06. The van der Waals surface area contributed by atoms with E-state index < -0.39 is 0 Å². The van der Waals surface area contributed by atoms with E-state index in [4.69, 9.17) is 0 Å². The molecule has 1 nitrogen and oxygen atoms in total. The zero-order chi connectivity index (χ0) is 15.5. The molecule has 0 bridgehead atoms. The highest BCUT2D eigenvalue weighted by Crippen LogP contribution is 2.17. The van der Waals surface area contributed by atoms with Gasteiger partial charge in [0.1, 0.15) is 0 Å². The van der Waals surface area contributed by atoms with Crippen molar-refractivity contribution in [3.05, 3.63) is 42.2 Å². The number of rotatable bonds is 11. The van der Waals surface area contributed by atoms with E-state index in [1.807, 2.05) is 0 Å². The Kier molecular flexibility index (Phi) is 11.3. The molecule has 2 heteroatoms. The van der Waals surface area contributed by atoms with E-state index in [2.05, 4.69) is 48.4 Å². The third-order valence-corrected chi connectivity index (χ3v) is 4.59. The van der Waals surface area contributed by atoms with Gasteiger partial charge in [-0.3, -0.25) is 0 Å². The lowest BCUT2D eigenvalue weighted by atomic mass is 10.0. The van der Waals surface area contributed by atoms with Gasteiger partial charge in [-0.05, 0) is 17.9 Å². The van der Waals surface area contributed by atoms with Gasteiger partial charge in [-0.1, -0.05) is 82.9 Å². The van der Waals surface area contributed by atoms with Crippen LogP contribution in [0.5, 0.6) is 0 Å². The minimum absolute atomic E-state index is 0. The van der Waals surface area contributed by atoms with Crippen molar-refractivity contribution in [2.75, 3.05) is 0 Å². The fourth-order valence-corrected chi connectivity index (χ4v) is 3.22. The highest BCUT2D eigenvalue weighted by molar-refractivity contribution is 5.83. The van der Waals surface area contributed by atoms with Crippen LogP contribution in [0.4, 0.5) is 0 Å². The lowest BCUT2D eigenvalue weighted by molar-refractivity contribution is -0.388. The van der Waals surface area contributed by atoms with Gasteiger partial charge in [0.25, 0.3) is 0 Å². The molecule has 0 saturated heterocycles. The molecular weight excluding hydrogens is 393 g/mol. The van der Waals surface area contributed by atoms with Gasteiger partial charge in [0.05, 0.1) is 0 Å². The van der Waals surface area contributed by atoms with Crippen molar-refractivity contribution in [3.63, 3.8) is 0 Å². The van der Waals surface area contributed by atoms with Gasteiger partial charge < -0.3 is 24.0 Å². The van der Waals surface area contributed by atoms with Crippen LogP contribution in [0.1, 0.15) is 76.8 Å². The Hall–Kier alpha value is -0.640. The SMILES string of the molecule is CCCCCCCCCCCCc1[nH+]ccc2ccccc12.[I-]. The van der Waals surface area contributed by atoms with Crippen molar-refractivity contribution < 1.29 is 29.0 Å². The summed E-state index contributed by atoms with van der Waals surface area (Å²) in [7, 11) is 0. The number of hydrogen-bond donors (Lipinski definition) is 0. The maximum absolute atomic E-state index is 3.44. The standard InChI is InChI=1S/C21H31N.HI/c1-2-3-4-5-6-7-8-9-10-11-16-21-20-15-13-12-14-19(20)17-18-22-21;/h12-15,17-18H,2-11,16H2,1H3;1H. The van der Waals surface area contributed by atoms with Crippen LogP contribution in [-0.4, -0.2) is 0 Å². The summed E-state index contributed by atoms with van der Waals surface area (Å²) in [6.45, 7) is 2.29. The van der Waals surface area contributed by atoms with Gasteiger partial charge in [0.15, 0.2) is 11.9 Å². The third kappa shape index (κ3) is 7.65. The maximum atomic E-state index is 3.44. The first-order valence-corrected chi connectivity index (χ1v) is 9.30. The number of nitrogens with one attached hydrogen (secondary N) is 1. The molecule has 0 saturated carbocycles. The molecule has 2 aromatic rings. The summed E-state index contributed by atoms with van der Waals surface area (Å²) >= 11 is 0. The summed E-state index contributed by atoms with van der Waals surface area (Å²) in [6, 6.07) is 10.9. The number of aromatic nitrogens is 1. The quantitative estimate of drug-likeness (QED) is 0.388. The van der Waals surface area contributed by atoms with Gasteiger partial charge in [-0.2, -0.15) is 0 Å². The van der Waals surface area contributed by atoms with Crippen molar-refractivity contribution in [3.8, 4) is 0 Å². The predicted octanol–water partition coefficient (Wildman–Crippen LogP) is 3.12. The normalized spacial score (nSPS) is 10.7. The summed E-state index contributed by atoms with van der Waals surface area (Å²) < 4.78 is 0. The number of aromatic amines is 1. The van der Waals surface area contributed by atoms with Crippen LogP contribution in [0.25, 0.3) is 10.8 Å². The van der Waals surface area contributed by atoms with E-state index >= 15 is 0 Å². The number of pyridine rings is 1. The summed E-state index contributed by atoms with van der Waals surface area (Å²) in [5, 5.41) is 2.74. The molecular formula is C21H32IN. The number of aryl methyl sites for hydroxylation is 1. The molecule has 128 valence electrons. The van der Waals surface area contributed by atoms with E-state index in [1.54, 1.807) is 0 Å². The molecule has 1 aromatic carbocycles. The largest absolute Gasteiger partial charge is 1.00 e. The molecule has 0 aliphatic heterocycles. The van der Waals surface area contributed by atoms with Gasteiger partial charge in [-0.15, -0.1) is 0 Å².